The zero-order valence-corrected chi connectivity index (χ0v) is 22.4. The van der Waals surface area contributed by atoms with Crippen LogP contribution in [0.2, 0.25) is 0 Å². The van der Waals surface area contributed by atoms with E-state index in [4.69, 9.17) is 28.4 Å². The van der Waals surface area contributed by atoms with E-state index in [1.54, 1.807) is 18.2 Å². The molecule has 0 aliphatic carbocycles. The van der Waals surface area contributed by atoms with Crippen LogP contribution in [0, 0.1) is 11.8 Å². The molecule has 14 heteroatoms. The molecule has 2 aliphatic heterocycles. The number of ether oxygens (including phenoxy) is 6. The number of nitrogens with zero attached hydrogens (tertiary/aromatic N) is 2. The summed E-state index contributed by atoms with van der Waals surface area (Å²) in [7, 11) is 6.38. The molecule has 1 fully saturated rings. The molecule has 14 nitrogen and oxygen atoms in total. The van der Waals surface area contributed by atoms with E-state index >= 15 is 0 Å². The van der Waals surface area contributed by atoms with E-state index in [0.717, 1.165) is 48.7 Å². The first kappa shape index (κ1) is 28.1. The molecule has 0 saturated carbocycles. The Morgan fingerprint density at radius 1 is 0.700 bits per heavy atom. The zero-order valence-electron chi connectivity index (χ0n) is 22.4. The van der Waals surface area contributed by atoms with Crippen molar-refractivity contribution in [1.82, 2.24) is 4.57 Å². The Balaban J connectivity index is 2.31. The molecule has 212 valence electrons. The Hall–Kier alpha value is -4.88. The van der Waals surface area contributed by atoms with Crippen molar-refractivity contribution in [3.05, 3.63) is 47.3 Å². The van der Waals surface area contributed by atoms with E-state index in [0.29, 0.717) is 0 Å². The molecule has 2 aromatic rings. The van der Waals surface area contributed by atoms with Crippen LogP contribution in [-0.4, -0.2) is 89.1 Å². The lowest BCUT2D eigenvalue weighted by Gasteiger charge is -2.45. The lowest BCUT2D eigenvalue weighted by Crippen LogP contribution is -2.60. The Labute approximate surface area is 227 Å². The van der Waals surface area contributed by atoms with Crippen molar-refractivity contribution in [2.75, 3.05) is 47.6 Å². The van der Waals surface area contributed by atoms with Crippen molar-refractivity contribution in [3.8, 4) is 5.69 Å². The molecule has 0 N–H and O–H groups in total. The molecule has 0 unspecified atom stereocenters. The van der Waals surface area contributed by atoms with Crippen molar-refractivity contribution < 1.29 is 57.2 Å². The van der Waals surface area contributed by atoms with Gasteiger partial charge in [-0.2, -0.15) is 0 Å². The molecule has 3 heterocycles. The summed E-state index contributed by atoms with van der Waals surface area (Å²) in [4.78, 5) is 81.6. The van der Waals surface area contributed by atoms with Crippen LogP contribution in [0.15, 0.2) is 30.3 Å². The quantitative estimate of drug-likeness (QED) is 0.353. The SMILES string of the molecule is COC(=O)c1cc2n(c1C(=O)OC)-c1ccccc1N1[C@H](C(=O)OC)[C@H](C(=O)OC)[C@@H](C(=O)OC)[C@@]21C(=O)OC. The molecule has 4 rings (SSSR count). The third kappa shape index (κ3) is 3.55. The molecule has 1 aromatic heterocycles. The number of esters is 6. The van der Waals surface area contributed by atoms with Gasteiger partial charge >= 0.3 is 35.8 Å². The van der Waals surface area contributed by atoms with Gasteiger partial charge in [0, 0.05) is 0 Å². The minimum absolute atomic E-state index is 0.119. The number of carbonyl (C=O) groups is 6. The summed E-state index contributed by atoms with van der Waals surface area (Å²) in [6.07, 6.45) is 0. The predicted octanol–water partition coefficient (Wildman–Crippen LogP) is 0.372. The third-order valence-corrected chi connectivity index (χ3v) is 7.23. The van der Waals surface area contributed by atoms with Crippen LogP contribution in [0.1, 0.15) is 26.5 Å². The maximum absolute atomic E-state index is 14.1. The van der Waals surface area contributed by atoms with Gasteiger partial charge in [0.1, 0.15) is 23.6 Å². The first-order valence-electron chi connectivity index (χ1n) is 11.8. The number of carbonyl (C=O) groups excluding carboxylic acids is 6. The fourth-order valence-corrected chi connectivity index (χ4v) is 5.76. The maximum Gasteiger partial charge on any atom is 0.355 e. The molecule has 40 heavy (non-hydrogen) atoms. The second-order valence-electron chi connectivity index (χ2n) is 8.74. The van der Waals surface area contributed by atoms with Crippen LogP contribution in [0.25, 0.3) is 5.69 Å². The average molecular weight is 558 g/mol. The fraction of sp³-hybridized carbons (Fsp3) is 0.385. The second kappa shape index (κ2) is 10.4. The highest BCUT2D eigenvalue weighted by atomic mass is 16.6. The van der Waals surface area contributed by atoms with Gasteiger partial charge in [0.25, 0.3) is 0 Å². The van der Waals surface area contributed by atoms with Gasteiger partial charge in [-0.05, 0) is 18.2 Å². The molecule has 0 spiro atoms. The lowest BCUT2D eigenvalue weighted by molar-refractivity contribution is -0.165. The van der Waals surface area contributed by atoms with E-state index in [1.807, 2.05) is 0 Å². The minimum atomic E-state index is -2.36. The van der Waals surface area contributed by atoms with Gasteiger partial charge in [0.15, 0.2) is 5.54 Å². The van der Waals surface area contributed by atoms with Crippen LogP contribution in [-0.2, 0) is 53.1 Å². The molecular weight excluding hydrogens is 532 g/mol. The van der Waals surface area contributed by atoms with Gasteiger partial charge in [0.2, 0.25) is 0 Å². The summed E-state index contributed by atoms with van der Waals surface area (Å²) < 4.78 is 31.3. The summed E-state index contributed by atoms with van der Waals surface area (Å²) in [5.74, 6) is -9.59. The van der Waals surface area contributed by atoms with E-state index < -0.39 is 59.2 Å². The first-order chi connectivity index (χ1) is 19.1. The number of benzene rings is 1. The smallest absolute Gasteiger partial charge is 0.355 e. The van der Waals surface area contributed by atoms with E-state index in [-0.39, 0.29) is 28.3 Å². The van der Waals surface area contributed by atoms with E-state index in [1.165, 1.54) is 15.5 Å². The van der Waals surface area contributed by atoms with Crippen LogP contribution in [0.4, 0.5) is 5.69 Å². The van der Waals surface area contributed by atoms with Gasteiger partial charge < -0.3 is 37.9 Å². The summed E-state index contributed by atoms with van der Waals surface area (Å²) in [6.45, 7) is 0. The monoisotopic (exact) mass is 558 g/mol. The maximum atomic E-state index is 14.1. The molecule has 4 atom stereocenters. The van der Waals surface area contributed by atoms with Crippen LogP contribution >= 0.6 is 0 Å². The second-order valence-corrected chi connectivity index (χ2v) is 8.74. The zero-order chi connectivity index (χ0) is 29.5. The molecule has 1 saturated heterocycles. The Kier molecular flexibility index (Phi) is 7.28. The van der Waals surface area contributed by atoms with Crippen LogP contribution in [0.5, 0.6) is 0 Å². The number of methoxy groups -OCH3 is 6. The molecule has 1 aromatic carbocycles. The third-order valence-electron chi connectivity index (χ3n) is 7.23. The van der Waals surface area contributed by atoms with Gasteiger partial charge in [-0.15, -0.1) is 0 Å². The lowest BCUT2D eigenvalue weighted by atomic mass is 9.75. The fourth-order valence-electron chi connectivity index (χ4n) is 5.76. The summed E-state index contributed by atoms with van der Waals surface area (Å²) in [6, 6.07) is 5.75. The standard InChI is InChI=1S/C26H26N2O12/c1-35-20(29)12-11-15-26(25(34)40-6)17(22(31)37-3)16(21(30)36-2)19(24(33)39-5)28(26)14-10-8-7-9-13(14)27(15)18(12)23(32)38-4/h7-11,16-17,19H,1-6H3/t16-,17+,19+,26-/m1/s1. The molecular formula is C26H26N2O12. The number of rotatable bonds is 6. The number of fused-ring (bicyclic) bond motifs is 6. The Morgan fingerprint density at radius 2 is 1.27 bits per heavy atom. The summed E-state index contributed by atoms with van der Waals surface area (Å²) >= 11 is 0. The highest BCUT2D eigenvalue weighted by molar-refractivity contribution is 6.08. The number of aromatic nitrogens is 1. The highest BCUT2D eigenvalue weighted by Gasteiger charge is 2.74. The largest absolute Gasteiger partial charge is 0.469 e. The van der Waals surface area contributed by atoms with Gasteiger partial charge in [-0.3, -0.25) is 9.59 Å². The first-order valence-corrected chi connectivity index (χ1v) is 11.8. The van der Waals surface area contributed by atoms with Gasteiger partial charge in [-0.1, -0.05) is 12.1 Å². The van der Waals surface area contributed by atoms with Crippen molar-refractivity contribution in [2.45, 2.75) is 11.6 Å². The van der Waals surface area contributed by atoms with Crippen molar-refractivity contribution in [3.63, 3.8) is 0 Å². The van der Waals surface area contributed by atoms with Crippen LogP contribution in [0.3, 0.4) is 0 Å². The van der Waals surface area contributed by atoms with E-state index in [9.17, 15) is 28.8 Å². The molecule has 0 bridgehead atoms. The Bertz CT molecular complexity index is 1430. The molecule has 0 radical (unpaired) electrons. The van der Waals surface area contributed by atoms with E-state index in [2.05, 4.69) is 0 Å². The van der Waals surface area contributed by atoms with Crippen LogP contribution < -0.4 is 4.90 Å². The highest BCUT2D eigenvalue weighted by Crippen LogP contribution is 2.58. The van der Waals surface area contributed by atoms with Gasteiger partial charge in [-0.25, -0.2) is 19.2 Å². The number of hydrogen-bond donors (Lipinski definition) is 0. The van der Waals surface area contributed by atoms with Gasteiger partial charge in [0.05, 0.1) is 65.3 Å². The van der Waals surface area contributed by atoms with Crippen molar-refractivity contribution >= 4 is 41.5 Å². The normalized spacial score (nSPS) is 22.1. The Morgan fingerprint density at radius 3 is 1.80 bits per heavy atom. The number of para-hydroxylation sites is 2. The summed E-state index contributed by atoms with van der Waals surface area (Å²) in [5.41, 5.74) is -2.86. The average Bonchev–Trinajstić information content (AvgIpc) is 3.54. The summed E-state index contributed by atoms with van der Waals surface area (Å²) in [5, 5.41) is 0. The van der Waals surface area contributed by atoms with Crippen molar-refractivity contribution in [1.29, 1.82) is 0 Å². The van der Waals surface area contributed by atoms with Crippen molar-refractivity contribution in [2.24, 2.45) is 11.8 Å². The molecule has 2 aliphatic rings. The molecule has 0 amide bonds. The minimum Gasteiger partial charge on any atom is -0.469 e. The number of anilines is 1. The predicted molar refractivity (Wildman–Crippen MR) is 131 cm³/mol. The topological polar surface area (TPSA) is 166 Å². The number of hydrogen-bond acceptors (Lipinski definition) is 13.